The summed E-state index contributed by atoms with van der Waals surface area (Å²) in [4.78, 5) is 25.7. The van der Waals surface area contributed by atoms with Crippen molar-refractivity contribution in [2.24, 2.45) is 23.2 Å². The van der Waals surface area contributed by atoms with Crippen LogP contribution in [0.3, 0.4) is 0 Å². The van der Waals surface area contributed by atoms with E-state index in [1.807, 2.05) is 20.8 Å². The summed E-state index contributed by atoms with van der Waals surface area (Å²) in [5, 5.41) is 12.2. The average molecular weight is 408 g/mol. The molecule has 0 radical (unpaired) electrons. The number of carbonyl (C=O) groups excluding carboxylic acids is 2. The number of rotatable bonds is 3. The Morgan fingerprint density at radius 3 is 2.52 bits per heavy atom. The molecule has 3 saturated heterocycles. The third kappa shape index (κ3) is 1.83. The van der Waals surface area contributed by atoms with Gasteiger partial charge in [0.25, 0.3) is 0 Å². The van der Waals surface area contributed by atoms with Gasteiger partial charge < -0.3 is 28.8 Å². The minimum Gasteiger partial charge on any atom is -0.501 e. The minimum absolute atomic E-state index is 0.0914. The van der Waals surface area contributed by atoms with E-state index in [4.69, 9.17) is 23.7 Å². The normalized spacial score (nSPS) is 53.7. The van der Waals surface area contributed by atoms with Gasteiger partial charge in [0.15, 0.2) is 5.60 Å². The quantitative estimate of drug-likeness (QED) is 0.319. The van der Waals surface area contributed by atoms with Crippen LogP contribution in [0.15, 0.2) is 11.3 Å². The molecule has 0 aromatic heterocycles. The van der Waals surface area contributed by atoms with E-state index in [9.17, 15) is 14.7 Å². The van der Waals surface area contributed by atoms with Gasteiger partial charge in [-0.2, -0.15) is 0 Å². The summed E-state index contributed by atoms with van der Waals surface area (Å²) < 4.78 is 28.9. The first-order valence-electron chi connectivity index (χ1n) is 10.2. The molecule has 5 fully saturated rings. The van der Waals surface area contributed by atoms with E-state index >= 15 is 0 Å². The molecule has 9 atom stereocenters. The van der Waals surface area contributed by atoms with E-state index < -0.39 is 58.9 Å². The van der Waals surface area contributed by atoms with Crippen molar-refractivity contribution in [2.45, 2.75) is 69.7 Å². The van der Waals surface area contributed by atoms with Crippen molar-refractivity contribution < 1.29 is 38.4 Å². The summed E-state index contributed by atoms with van der Waals surface area (Å²) in [6.45, 7) is 7.59. The number of epoxide rings is 1. The van der Waals surface area contributed by atoms with Gasteiger partial charge in [-0.15, -0.1) is 0 Å². The van der Waals surface area contributed by atoms with Crippen molar-refractivity contribution in [2.75, 3.05) is 14.2 Å². The maximum Gasteiger partial charge on any atom is 0.338 e. The predicted octanol–water partition coefficient (Wildman–Crippen LogP) is 0.953. The lowest BCUT2D eigenvalue weighted by Gasteiger charge is -2.58. The largest absolute Gasteiger partial charge is 0.501 e. The molecule has 2 bridgehead atoms. The van der Waals surface area contributed by atoms with E-state index in [0.29, 0.717) is 11.3 Å². The summed E-state index contributed by atoms with van der Waals surface area (Å²) in [6.07, 6.45) is -2.05. The molecule has 3 aliphatic heterocycles. The fraction of sp³-hybridized carbons (Fsp3) is 0.810. The highest BCUT2D eigenvalue weighted by atomic mass is 16.7. The molecular weight excluding hydrogens is 380 g/mol. The van der Waals surface area contributed by atoms with Crippen molar-refractivity contribution in [1.29, 1.82) is 0 Å². The molecule has 9 unspecified atom stereocenters. The van der Waals surface area contributed by atoms with Crippen LogP contribution in [0.1, 0.15) is 34.1 Å². The van der Waals surface area contributed by atoms with E-state index in [0.717, 1.165) is 0 Å². The third-order valence-corrected chi connectivity index (χ3v) is 8.42. The number of fused-ring (bicyclic) bond motifs is 8. The van der Waals surface area contributed by atoms with Crippen LogP contribution < -0.4 is 0 Å². The number of esters is 2. The Morgan fingerprint density at radius 2 is 1.93 bits per heavy atom. The second-order valence-corrected chi connectivity index (χ2v) is 9.56. The van der Waals surface area contributed by atoms with Gasteiger partial charge in [-0.05, 0) is 12.8 Å². The number of allylic oxidation sites excluding steroid dienone is 1. The maximum absolute atomic E-state index is 12.9. The molecule has 0 aromatic carbocycles. The van der Waals surface area contributed by atoms with Gasteiger partial charge in [0.2, 0.25) is 0 Å². The van der Waals surface area contributed by atoms with E-state index in [1.165, 1.54) is 7.11 Å². The molecule has 5 rings (SSSR count). The van der Waals surface area contributed by atoms with Crippen molar-refractivity contribution in [3.8, 4) is 0 Å². The van der Waals surface area contributed by atoms with Gasteiger partial charge in [0.05, 0.1) is 24.0 Å². The Labute approximate surface area is 169 Å². The molecular formula is C21H28O8. The predicted molar refractivity (Wildman–Crippen MR) is 97.4 cm³/mol. The summed E-state index contributed by atoms with van der Waals surface area (Å²) in [5.41, 5.74) is -3.37. The molecule has 5 aliphatic rings. The standard InChI is InChI=1S/C21H28O8/c1-8(2)11-12-18(23)27-13(11)14(26-6)19(4)20(15-16(28-15)21(12,19)24)7-10(9(3)25-5)17(22)29-20/h8,11-16,24H,7H2,1-6H3. The van der Waals surface area contributed by atoms with Crippen LogP contribution in [0.25, 0.3) is 0 Å². The number of hydrogen-bond donors (Lipinski definition) is 1. The third-order valence-electron chi connectivity index (χ3n) is 8.42. The fourth-order valence-electron chi connectivity index (χ4n) is 6.97. The summed E-state index contributed by atoms with van der Waals surface area (Å²) in [6, 6.07) is 0. The lowest BCUT2D eigenvalue weighted by molar-refractivity contribution is -0.282. The van der Waals surface area contributed by atoms with Gasteiger partial charge in [-0.3, -0.25) is 4.79 Å². The van der Waals surface area contributed by atoms with Crippen LogP contribution in [0.2, 0.25) is 0 Å². The van der Waals surface area contributed by atoms with Crippen LogP contribution in [-0.4, -0.2) is 66.9 Å². The first-order valence-corrected chi connectivity index (χ1v) is 10.2. The second kappa shape index (κ2) is 5.53. The Kier molecular flexibility index (Phi) is 3.69. The zero-order valence-electron chi connectivity index (χ0n) is 17.6. The topological polar surface area (TPSA) is 104 Å². The summed E-state index contributed by atoms with van der Waals surface area (Å²) in [5.74, 6) is -1.31. The lowest BCUT2D eigenvalue weighted by atomic mass is 9.50. The molecule has 2 saturated carbocycles. The Balaban J connectivity index is 1.71. The van der Waals surface area contributed by atoms with Gasteiger partial charge in [-0.25, -0.2) is 4.79 Å². The summed E-state index contributed by atoms with van der Waals surface area (Å²) in [7, 11) is 3.05. The van der Waals surface area contributed by atoms with Crippen LogP contribution in [0.5, 0.6) is 0 Å². The summed E-state index contributed by atoms with van der Waals surface area (Å²) >= 11 is 0. The highest BCUT2D eigenvalue weighted by molar-refractivity contribution is 5.92. The van der Waals surface area contributed by atoms with Gasteiger partial charge >= 0.3 is 11.9 Å². The van der Waals surface area contributed by atoms with Crippen molar-refractivity contribution in [3.05, 3.63) is 11.3 Å². The van der Waals surface area contributed by atoms with Crippen LogP contribution >= 0.6 is 0 Å². The number of ether oxygens (including phenoxy) is 5. The molecule has 1 spiro atoms. The minimum atomic E-state index is -1.56. The Bertz CT molecular complexity index is 835. The molecule has 1 N–H and O–H groups in total. The lowest BCUT2D eigenvalue weighted by Crippen LogP contribution is -2.73. The van der Waals surface area contributed by atoms with Crippen LogP contribution in [-0.2, 0) is 33.3 Å². The average Bonchev–Trinajstić information content (AvgIpc) is 3.28. The van der Waals surface area contributed by atoms with E-state index in [1.54, 1.807) is 14.0 Å². The van der Waals surface area contributed by atoms with Gasteiger partial charge in [0.1, 0.15) is 35.8 Å². The number of aliphatic hydroxyl groups is 1. The molecule has 8 nitrogen and oxygen atoms in total. The number of carbonyl (C=O) groups is 2. The molecule has 3 heterocycles. The smallest absolute Gasteiger partial charge is 0.338 e. The molecule has 160 valence electrons. The van der Waals surface area contributed by atoms with Crippen molar-refractivity contribution in [1.82, 2.24) is 0 Å². The second-order valence-electron chi connectivity index (χ2n) is 9.56. The van der Waals surface area contributed by atoms with Gasteiger partial charge in [-0.1, -0.05) is 20.8 Å². The molecule has 29 heavy (non-hydrogen) atoms. The zero-order valence-corrected chi connectivity index (χ0v) is 17.6. The maximum atomic E-state index is 12.9. The highest BCUT2D eigenvalue weighted by Gasteiger charge is 2.93. The van der Waals surface area contributed by atoms with Crippen LogP contribution in [0.4, 0.5) is 0 Å². The monoisotopic (exact) mass is 408 g/mol. The first-order chi connectivity index (χ1) is 13.6. The van der Waals surface area contributed by atoms with Crippen molar-refractivity contribution in [3.63, 3.8) is 0 Å². The van der Waals surface area contributed by atoms with Crippen molar-refractivity contribution >= 4 is 11.9 Å². The van der Waals surface area contributed by atoms with Gasteiger partial charge in [0, 0.05) is 19.4 Å². The SMILES string of the molecule is COC(C)=C1CC2(OC1=O)C1OC1C1(O)C3C(=O)OC(C3C(C)C)C(OC)C21C. The Morgan fingerprint density at radius 1 is 1.24 bits per heavy atom. The highest BCUT2D eigenvalue weighted by Crippen LogP contribution is 2.75. The fourth-order valence-corrected chi connectivity index (χ4v) is 6.97. The zero-order chi connectivity index (χ0) is 21.1. The first kappa shape index (κ1) is 19.3. The molecule has 0 aromatic rings. The van der Waals surface area contributed by atoms with E-state index in [-0.39, 0.29) is 18.3 Å². The number of hydrogen-bond acceptors (Lipinski definition) is 8. The van der Waals surface area contributed by atoms with Crippen LogP contribution in [0, 0.1) is 23.2 Å². The molecule has 8 heteroatoms. The number of methoxy groups -OCH3 is 2. The molecule has 0 amide bonds. The Hall–Kier alpha value is -1.64. The molecule has 2 aliphatic carbocycles. The van der Waals surface area contributed by atoms with E-state index in [2.05, 4.69) is 0 Å².